The van der Waals surface area contributed by atoms with E-state index in [0.29, 0.717) is 17.1 Å². The third-order valence-corrected chi connectivity index (χ3v) is 5.50. The number of carbonyl (C=O) groups is 2. The molecule has 0 saturated heterocycles. The maximum Gasteiger partial charge on any atom is 0.255 e. The quantitative estimate of drug-likeness (QED) is 0.635. The summed E-state index contributed by atoms with van der Waals surface area (Å²) in [7, 11) is 1.77. The summed E-state index contributed by atoms with van der Waals surface area (Å²) in [5, 5.41) is 6.14. The lowest BCUT2D eigenvalue weighted by Gasteiger charge is -2.42. The SMILES string of the molecule is CC(C)N1c2cc(Nc3cccc(C(=O)Nc4ccncc4)c3)ncc2N(C)C(=O)C1C. The van der Waals surface area contributed by atoms with Gasteiger partial charge >= 0.3 is 0 Å². The van der Waals surface area contributed by atoms with Crippen LogP contribution in [0.4, 0.5) is 28.6 Å². The second kappa shape index (κ2) is 8.66. The van der Waals surface area contributed by atoms with Crippen molar-refractivity contribution in [2.24, 2.45) is 0 Å². The number of rotatable bonds is 5. The summed E-state index contributed by atoms with van der Waals surface area (Å²) < 4.78 is 0. The Morgan fingerprint density at radius 3 is 2.53 bits per heavy atom. The molecule has 0 fully saturated rings. The van der Waals surface area contributed by atoms with Gasteiger partial charge in [0, 0.05) is 48.5 Å². The van der Waals surface area contributed by atoms with Crippen molar-refractivity contribution in [3.8, 4) is 0 Å². The van der Waals surface area contributed by atoms with Crippen molar-refractivity contribution in [2.45, 2.75) is 32.9 Å². The molecule has 2 amide bonds. The van der Waals surface area contributed by atoms with Crippen LogP contribution >= 0.6 is 0 Å². The molecule has 0 bridgehead atoms. The predicted octanol–water partition coefficient (Wildman–Crippen LogP) is 4.05. The molecule has 3 aromatic rings. The number of hydrogen-bond donors (Lipinski definition) is 2. The number of nitrogens with zero attached hydrogens (tertiary/aromatic N) is 4. The normalized spacial score (nSPS) is 15.5. The Hall–Kier alpha value is -3.94. The van der Waals surface area contributed by atoms with Crippen LogP contribution in [-0.2, 0) is 4.79 Å². The van der Waals surface area contributed by atoms with E-state index in [9.17, 15) is 9.59 Å². The standard InChI is InChI=1S/C24H26N6O2/c1-15(2)30-16(3)24(32)29(4)21-14-26-22(13-20(21)30)27-19-7-5-6-17(12-19)23(31)28-18-8-10-25-11-9-18/h5-16H,1-4H3,(H,26,27)(H,25,28,31). The average Bonchev–Trinajstić information content (AvgIpc) is 2.78. The number of fused-ring (bicyclic) bond motifs is 1. The second-order valence-corrected chi connectivity index (χ2v) is 8.03. The lowest BCUT2D eigenvalue weighted by atomic mass is 10.1. The van der Waals surface area contributed by atoms with Crippen molar-refractivity contribution in [3.63, 3.8) is 0 Å². The first-order valence-corrected chi connectivity index (χ1v) is 10.5. The van der Waals surface area contributed by atoms with Gasteiger partial charge in [-0.3, -0.25) is 14.6 Å². The lowest BCUT2D eigenvalue weighted by Crippen LogP contribution is -2.53. The van der Waals surface area contributed by atoms with Crippen molar-refractivity contribution in [3.05, 3.63) is 66.6 Å². The summed E-state index contributed by atoms with van der Waals surface area (Å²) in [6.07, 6.45) is 4.96. The fraction of sp³-hybridized carbons (Fsp3) is 0.250. The maximum atomic E-state index is 12.6. The van der Waals surface area contributed by atoms with Gasteiger partial charge in [-0.15, -0.1) is 0 Å². The van der Waals surface area contributed by atoms with Crippen LogP contribution in [0.5, 0.6) is 0 Å². The first-order valence-electron chi connectivity index (χ1n) is 10.5. The molecule has 4 rings (SSSR count). The maximum absolute atomic E-state index is 12.6. The van der Waals surface area contributed by atoms with E-state index in [4.69, 9.17) is 0 Å². The van der Waals surface area contributed by atoms with Crippen LogP contribution in [0.25, 0.3) is 0 Å². The van der Waals surface area contributed by atoms with Gasteiger partial charge in [-0.25, -0.2) is 4.98 Å². The highest BCUT2D eigenvalue weighted by Crippen LogP contribution is 2.38. The number of nitrogens with one attached hydrogen (secondary N) is 2. The zero-order chi connectivity index (χ0) is 22.8. The van der Waals surface area contributed by atoms with Gasteiger partial charge in [-0.05, 0) is 51.1 Å². The van der Waals surface area contributed by atoms with Crippen LogP contribution < -0.4 is 20.4 Å². The van der Waals surface area contributed by atoms with Gasteiger partial charge < -0.3 is 20.4 Å². The molecule has 1 atom stereocenters. The van der Waals surface area contributed by atoms with Gasteiger partial charge in [0.05, 0.1) is 17.6 Å². The van der Waals surface area contributed by atoms with E-state index in [1.54, 1.807) is 54.8 Å². The molecule has 0 spiro atoms. The van der Waals surface area contributed by atoms with E-state index in [2.05, 4.69) is 39.3 Å². The fourth-order valence-corrected chi connectivity index (χ4v) is 3.95. The first kappa shape index (κ1) is 21.3. The molecule has 8 heteroatoms. The van der Waals surface area contributed by atoms with Crippen LogP contribution in [0, 0.1) is 0 Å². The third kappa shape index (κ3) is 4.12. The summed E-state index contributed by atoms with van der Waals surface area (Å²) in [5.41, 5.74) is 3.66. The van der Waals surface area contributed by atoms with Crippen molar-refractivity contribution < 1.29 is 9.59 Å². The highest BCUT2D eigenvalue weighted by molar-refractivity contribution is 6.06. The molecule has 2 aromatic heterocycles. The summed E-state index contributed by atoms with van der Waals surface area (Å²) in [6.45, 7) is 6.05. The zero-order valence-electron chi connectivity index (χ0n) is 18.5. The highest BCUT2D eigenvalue weighted by atomic mass is 16.2. The lowest BCUT2D eigenvalue weighted by molar-refractivity contribution is -0.119. The van der Waals surface area contributed by atoms with E-state index in [-0.39, 0.29) is 23.9 Å². The summed E-state index contributed by atoms with van der Waals surface area (Å²) in [6, 6.07) is 12.5. The molecule has 0 radical (unpaired) electrons. The molecule has 1 unspecified atom stereocenters. The number of amides is 2. The number of carbonyl (C=O) groups excluding carboxylic acids is 2. The molecule has 164 valence electrons. The van der Waals surface area contributed by atoms with Gasteiger partial charge in [0.1, 0.15) is 11.9 Å². The summed E-state index contributed by atoms with van der Waals surface area (Å²) in [4.78, 5) is 37.4. The van der Waals surface area contributed by atoms with E-state index < -0.39 is 0 Å². The van der Waals surface area contributed by atoms with Crippen LogP contribution in [0.3, 0.4) is 0 Å². The predicted molar refractivity (Wildman–Crippen MR) is 127 cm³/mol. The molecule has 3 heterocycles. The minimum Gasteiger partial charge on any atom is -0.355 e. The molecular formula is C24H26N6O2. The second-order valence-electron chi connectivity index (χ2n) is 8.03. The molecule has 1 aromatic carbocycles. The molecule has 0 aliphatic carbocycles. The van der Waals surface area contributed by atoms with Gasteiger partial charge in [-0.2, -0.15) is 0 Å². The minimum atomic E-state index is -0.261. The van der Waals surface area contributed by atoms with Crippen LogP contribution in [0.1, 0.15) is 31.1 Å². The third-order valence-electron chi connectivity index (χ3n) is 5.50. The van der Waals surface area contributed by atoms with E-state index >= 15 is 0 Å². The number of likely N-dealkylation sites (N-methyl/N-ethyl adjacent to an activating group) is 1. The monoisotopic (exact) mass is 430 g/mol. The van der Waals surface area contributed by atoms with E-state index in [0.717, 1.165) is 17.1 Å². The van der Waals surface area contributed by atoms with Gasteiger partial charge in [-0.1, -0.05) is 6.07 Å². The van der Waals surface area contributed by atoms with Crippen molar-refractivity contribution in [1.82, 2.24) is 9.97 Å². The Bertz CT molecular complexity index is 1150. The number of aromatic nitrogens is 2. The van der Waals surface area contributed by atoms with E-state index in [1.165, 1.54) is 0 Å². The van der Waals surface area contributed by atoms with Gasteiger partial charge in [0.15, 0.2) is 0 Å². The van der Waals surface area contributed by atoms with Crippen LogP contribution in [0.2, 0.25) is 0 Å². The largest absolute Gasteiger partial charge is 0.355 e. The van der Waals surface area contributed by atoms with Gasteiger partial charge in [0.2, 0.25) is 5.91 Å². The molecule has 8 nitrogen and oxygen atoms in total. The molecule has 1 aliphatic rings. The van der Waals surface area contributed by atoms with Crippen LogP contribution in [-0.4, -0.2) is 40.9 Å². The Morgan fingerprint density at radius 1 is 1.06 bits per heavy atom. The molecular weight excluding hydrogens is 404 g/mol. The molecule has 32 heavy (non-hydrogen) atoms. The van der Waals surface area contributed by atoms with Crippen LogP contribution in [0.15, 0.2) is 61.1 Å². The number of pyridine rings is 2. The zero-order valence-corrected chi connectivity index (χ0v) is 18.5. The summed E-state index contributed by atoms with van der Waals surface area (Å²) in [5.74, 6) is 0.468. The Labute approximate surface area is 187 Å². The number of anilines is 5. The van der Waals surface area contributed by atoms with Crippen molar-refractivity contribution in [1.29, 1.82) is 0 Å². The number of hydrogen-bond acceptors (Lipinski definition) is 6. The topological polar surface area (TPSA) is 90.5 Å². The smallest absolute Gasteiger partial charge is 0.255 e. The Kier molecular flexibility index (Phi) is 5.77. The summed E-state index contributed by atoms with van der Waals surface area (Å²) >= 11 is 0. The van der Waals surface area contributed by atoms with Gasteiger partial charge in [0.25, 0.3) is 5.91 Å². The Morgan fingerprint density at radius 2 is 1.81 bits per heavy atom. The minimum absolute atomic E-state index is 0.0432. The molecule has 1 aliphatic heterocycles. The average molecular weight is 431 g/mol. The highest BCUT2D eigenvalue weighted by Gasteiger charge is 2.35. The molecule has 0 saturated carbocycles. The van der Waals surface area contributed by atoms with Crippen molar-refractivity contribution in [2.75, 3.05) is 27.5 Å². The van der Waals surface area contributed by atoms with Crippen molar-refractivity contribution >= 4 is 40.4 Å². The number of benzene rings is 1. The fourth-order valence-electron chi connectivity index (χ4n) is 3.95. The first-order chi connectivity index (χ1) is 15.3. The molecule has 2 N–H and O–H groups in total. The van der Waals surface area contributed by atoms with E-state index in [1.807, 2.05) is 25.1 Å². The Balaban J connectivity index is 1.58.